The van der Waals surface area contributed by atoms with Gasteiger partial charge in [0.15, 0.2) is 5.65 Å². The van der Waals surface area contributed by atoms with Gasteiger partial charge in [-0.15, -0.1) is 0 Å². The number of rotatable bonds is 4. The second-order valence-corrected chi connectivity index (χ2v) is 8.16. The molecule has 1 saturated heterocycles. The molecule has 0 saturated carbocycles. The van der Waals surface area contributed by atoms with Crippen LogP contribution in [0.1, 0.15) is 16.8 Å². The normalized spacial score (nSPS) is 14.5. The van der Waals surface area contributed by atoms with Crippen LogP contribution in [0.4, 0.5) is 5.82 Å². The third kappa shape index (κ3) is 3.22. The summed E-state index contributed by atoms with van der Waals surface area (Å²) in [5.74, 6) is 1.88. The third-order valence-electron chi connectivity index (χ3n) is 6.20. The van der Waals surface area contributed by atoms with Crippen LogP contribution in [0.5, 0.6) is 0 Å². The second kappa shape index (κ2) is 7.76. The summed E-state index contributed by atoms with van der Waals surface area (Å²) in [6, 6.07) is 17.1. The zero-order chi connectivity index (χ0) is 21.5. The van der Waals surface area contributed by atoms with E-state index in [9.17, 15) is 0 Å². The minimum atomic E-state index is 0.717. The summed E-state index contributed by atoms with van der Waals surface area (Å²) >= 11 is 0. The summed E-state index contributed by atoms with van der Waals surface area (Å²) in [6.45, 7) is 5.17. The van der Waals surface area contributed by atoms with Crippen LogP contribution >= 0.6 is 0 Å². The van der Waals surface area contributed by atoms with Crippen molar-refractivity contribution in [2.45, 2.75) is 13.3 Å². The monoisotopic (exact) mass is 424 g/mol. The van der Waals surface area contributed by atoms with Crippen molar-refractivity contribution in [2.75, 3.05) is 31.2 Å². The predicted molar refractivity (Wildman–Crippen MR) is 125 cm³/mol. The summed E-state index contributed by atoms with van der Waals surface area (Å²) in [5.41, 5.74) is 4.32. The number of aromatic nitrogens is 5. The van der Waals surface area contributed by atoms with Crippen LogP contribution in [0.25, 0.3) is 22.2 Å². The quantitative estimate of drug-likeness (QED) is 0.439. The molecule has 4 heterocycles. The van der Waals surface area contributed by atoms with Gasteiger partial charge in [0.05, 0.1) is 18.9 Å². The molecule has 1 aliphatic rings. The molecule has 7 nitrogen and oxygen atoms in total. The molecule has 160 valence electrons. The first-order chi connectivity index (χ1) is 15.8. The average Bonchev–Trinajstić information content (AvgIpc) is 3.48. The van der Waals surface area contributed by atoms with E-state index in [1.807, 2.05) is 15.3 Å². The zero-order valence-electron chi connectivity index (χ0n) is 18.0. The maximum absolute atomic E-state index is 5.56. The molecule has 3 aromatic heterocycles. The lowest BCUT2D eigenvalue weighted by Gasteiger charge is -2.28. The van der Waals surface area contributed by atoms with Gasteiger partial charge in [-0.3, -0.25) is 4.57 Å². The topological polar surface area (TPSA) is 60.5 Å². The van der Waals surface area contributed by atoms with Gasteiger partial charge >= 0.3 is 0 Å². The number of anilines is 1. The van der Waals surface area contributed by atoms with Gasteiger partial charge in [0.25, 0.3) is 0 Å². The highest BCUT2D eigenvalue weighted by atomic mass is 16.5. The Morgan fingerprint density at radius 3 is 2.72 bits per heavy atom. The lowest BCUT2D eigenvalue weighted by Crippen LogP contribution is -2.37. The molecule has 6 rings (SSSR count). The van der Waals surface area contributed by atoms with E-state index in [1.54, 1.807) is 12.5 Å². The minimum absolute atomic E-state index is 0.717. The van der Waals surface area contributed by atoms with Crippen molar-refractivity contribution in [1.82, 2.24) is 24.1 Å². The fraction of sp³-hybridized carbons (Fsp3) is 0.240. The molecule has 5 aromatic rings. The van der Waals surface area contributed by atoms with Gasteiger partial charge in [-0.1, -0.05) is 42.5 Å². The van der Waals surface area contributed by atoms with E-state index in [0.717, 1.165) is 48.1 Å². The highest BCUT2D eigenvalue weighted by Gasteiger charge is 2.20. The van der Waals surface area contributed by atoms with E-state index in [0.29, 0.717) is 13.2 Å². The number of morpholine rings is 1. The van der Waals surface area contributed by atoms with Crippen LogP contribution in [0.2, 0.25) is 0 Å². The van der Waals surface area contributed by atoms with Gasteiger partial charge in [0, 0.05) is 43.5 Å². The fourth-order valence-electron chi connectivity index (χ4n) is 4.52. The Labute approximate surface area is 185 Å². The first-order valence-corrected chi connectivity index (χ1v) is 10.9. The molecule has 1 aliphatic heterocycles. The number of aryl methyl sites for hydroxylation is 1. The lowest BCUT2D eigenvalue weighted by atomic mass is 9.98. The lowest BCUT2D eigenvalue weighted by molar-refractivity contribution is 0.122. The third-order valence-corrected chi connectivity index (χ3v) is 6.20. The Bertz CT molecular complexity index is 1390. The number of fused-ring (bicyclic) bond motifs is 2. The average molecular weight is 425 g/mol. The van der Waals surface area contributed by atoms with E-state index in [4.69, 9.17) is 14.8 Å². The molecular formula is C25H24N6O. The number of hydrogen-bond donors (Lipinski definition) is 0. The van der Waals surface area contributed by atoms with Crippen molar-refractivity contribution < 1.29 is 4.74 Å². The standard InChI is InChI=1S/C25H24N6O/c1-18-22(15-20-7-4-6-19-5-2-3-8-21(19)20)25-27-23(29-11-13-32-14-12-29)16-24(31(25)28-18)30-10-9-26-17-30/h2-10,16-17H,11-15H2,1H3. The highest BCUT2D eigenvalue weighted by molar-refractivity contribution is 5.86. The maximum atomic E-state index is 5.56. The number of nitrogens with zero attached hydrogens (tertiary/aromatic N) is 6. The molecule has 0 radical (unpaired) electrons. The number of imidazole rings is 1. The number of hydrogen-bond acceptors (Lipinski definition) is 5. The van der Waals surface area contributed by atoms with Crippen molar-refractivity contribution in [1.29, 1.82) is 0 Å². The van der Waals surface area contributed by atoms with Crippen LogP contribution in [0.3, 0.4) is 0 Å². The molecule has 1 fully saturated rings. The van der Waals surface area contributed by atoms with Crippen molar-refractivity contribution in [2.24, 2.45) is 0 Å². The molecule has 0 atom stereocenters. The summed E-state index contributed by atoms with van der Waals surface area (Å²) in [6.07, 6.45) is 6.31. The Kier molecular flexibility index (Phi) is 4.61. The van der Waals surface area contributed by atoms with Crippen molar-refractivity contribution in [3.8, 4) is 5.82 Å². The van der Waals surface area contributed by atoms with E-state index in [-0.39, 0.29) is 0 Å². The van der Waals surface area contributed by atoms with E-state index in [1.165, 1.54) is 16.3 Å². The molecule has 0 spiro atoms. The summed E-state index contributed by atoms with van der Waals surface area (Å²) < 4.78 is 9.50. The van der Waals surface area contributed by atoms with E-state index in [2.05, 4.69) is 65.3 Å². The smallest absolute Gasteiger partial charge is 0.163 e. The van der Waals surface area contributed by atoms with Crippen molar-refractivity contribution in [3.63, 3.8) is 0 Å². The predicted octanol–water partition coefficient (Wildman–Crippen LogP) is 3.80. The summed E-state index contributed by atoms with van der Waals surface area (Å²) in [4.78, 5) is 11.6. The van der Waals surface area contributed by atoms with Crippen LogP contribution in [-0.2, 0) is 11.2 Å². The first kappa shape index (κ1) is 19.0. The first-order valence-electron chi connectivity index (χ1n) is 10.9. The molecule has 32 heavy (non-hydrogen) atoms. The molecule has 0 aliphatic carbocycles. The van der Waals surface area contributed by atoms with Gasteiger partial charge in [-0.2, -0.15) is 9.61 Å². The van der Waals surface area contributed by atoms with Crippen LogP contribution in [0, 0.1) is 6.92 Å². The molecule has 7 heteroatoms. The minimum Gasteiger partial charge on any atom is -0.378 e. The summed E-state index contributed by atoms with van der Waals surface area (Å²) in [7, 11) is 0. The SMILES string of the molecule is Cc1nn2c(-n3ccnc3)cc(N3CCOCC3)nc2c1Cc1cccc2ccccc12. The molecule has 0 bridgehead atoms. The second-order valence-electron chi connectivity index (χ2n) is 8.16. The largest absolute Gasteiger partial charge is 0.378 e. The van der Waals surface area contributed by atoms with Gasteiger partial charge in [0.2, 0.25) is 0 Å². The Morgan fingerprint density at radius 1 is 1.03 bits per heavy atom. The molecule has 2 aromatic carbocycles. The van der Waals surface area contributed by atoms with Crippen LogP contribution in [-0.4, -0.2) is 50.5 Å². The van der Waals surface area contributed by atoms with Gasteiger partial charge in [0.1, 0.15) is 18.0 Å². The fourth-order valence-corrected chi connectivity index (χ4v) is 4.52. The van der Waals surface area contributed by atoms with Crippen LogP contribution in [0.15, 0.2) is 67.3 Å². The Morgan fingerprint density at radius 2 is 1.88 bits per heavy atom. The number of benzene rings is 2. The molecule has 0 unspecified atom stereocenters. The maximum Gasteiger partial charge on any atom is 0.163 e. The molecule has 0 amide bonds. The van der Waals surface area contributed by atoms with Crippen LogP contribution < -0.4 is 4.90 Å². The molecule has 0 N–H and O–H groups in total. The van der Waals surface area contributed by atoms with Gasteiger partial charge < -0.3 is 9.64 Å². The van der Waals surface area contributed by atoms with Gasteiger partial charge in [-0.25, -0.2) is 9.97 Å². The summed E-state index contributed by atoms with van der Waals surface area (Å²) in [5, 5.41) is 7.42. The van der Waals surface area contributed by atoms with E-state index >= 15 is 0 Å². The van der Waals surface area contributed by atoms with Crippen molar-refractivity contribution in [3.05, 3.63) is 84.1 Å². The highest BCUT2D eigenvalue weighted by Crippen LogP contribution is 2.28. The Hall–Kier alpha value is -3.71. The van der Waals surface area contributed by atoms with E-state index < -0.39 is 0 Å². The van der Waals surface area contributed by atoms with Gasteiger partial charge in [-0.05, 0) is 23.3 Å². The van der Waals surface area contributed by atoms with Crippen molar-refractivity contribution >= 4 is 22.2 Å². The number of ether oxygens (including phenoxy) is 1. The zero-order valence-corrected chi connectivity index (χ0v) is 18.0. The molecular weight excluding hydrogens is 400 g/mol. The Balaban J connectivity index is 1.53.